The summed E-state index contributed by atoms with van der Waals surface area (Å²) in [5.41, 5.74) is 2.67. The summed E-state index contributed by atoms with van der Waals surface area (Å²) in [6, 6.07) is 14.2. The molecule has 0 bridgehead atoms. The molecule has 2 aromatic carbocycles. The second-order valence-electron chi connectivity index (χ2n) is 5.54. The molecule has 6 nitrogen and oxygen atoms in total. The highest BCUT2D eigenvalue weighted by molar-refractivity contribution is 5.94. The normalized spacial score (nSPS) is 9.28. The number of aliphatic carboxylic acids is 1. The minimum absolute atomic E-state index is 0. The first-order valence-corrected chi connectivity index (χ1v) is 8.85. The Kier molecular flexibility index (Phi) is 11.7. The number of benzene rings is 2. The van der Waals surface area contributed by atoms with E-state index >= 15 is 0 Å². The Labute approximate surface area is 171 Å². The van der Waals surface area contributed by atoms with E-state index in [-0.39, 0.29) is 7.43 Å². The summed E-state index contributed by atoms with van der Waals surface area (Å²) >= 11 is 0. The molecule has 0 aliphatic rings. The van der Waals surface area contributed by atoms with Gasteiger partial charge in [-0.2, -0.15) is 0 Å². The van der Waals surface area contributed by atoms with Crippen LogP contribution in [0.5, 0.6) is 5.75 Å². The molecule has 0 atom stereocenters. The molecular weight excluding hydrogens is 372 g/mol. The van der Waals surface area contributed by atoms with Crippen LogP contribution in [0.2, 0.25) is 0 Å². The van der Waals surface area contributed by atoms with Crippen molar-refractivity contribution in [2.24, 2.45) is 0 Å². The first kappa shape index (κ1) is 25.9. The third-order valence-corrected chi connectivity index (χ3v) is 3.51. The molecule has 3 aromatic rings. The van der Waals surface area contributed by atoms with Gasteiger partial charge in [0.1, 0.15) is 11.3 Å². The Morgan fingerprint density at radius 3 is 2.24 bits per heavy atom. The zero-order chi connectivity index (χ0) is 21.1. The molecule has 0 aliphatic heterocycles. The van der Waals surface area contributed by atoms with Gasteiger partial charge in [-0.1, -0.05) is 45.5 Å². The fourth-order valence-corrected chi connectivity index (χ4v) is 2.48. The third-order valence-electron chi connectivity index (χ3n) is 3.51. The lowest BCUT2D eigenvalue weighted by molar-refractivity contribution is -0.139. The van der Waals surface area contributed by atoms with Crippen molar-refractivity contribution >= 4 is 16.9 Å². The van der Waals surface area contributed by atoms with Crippen molar-refractivity contribution in [2.45, 2.75) is 28.2 Å². The topological polar surface area (TPSA) is 86.0 Å². The first-order chi connectivity index (χ1) is 13.5. The van der Waals surface area contributed by atoms with E-state index in [4.69, 9.17) is 14.3 Å². The lowest BCUT2D eigenvalue weighted by Gasteiger charge is -2.10. The van der Waals surface area contributed by atoms with E-state index in [1.54, 1.807) is 26.4 Å². The van der Waals surface area contributed by atoms with Crippen molar-refractivity contribution < 1.29 is 23.8 Å². The van der Waals surface area contributed by atoms with Crippen molar-refractivity contribution in [3.8, 4) is 16.9 Å². The van der Waals surface area contributed by atoms with Gasteiger partial charge in [-0.05, 0) is 30.2 Å². The van der Waals surface area contributed by atoms with E-state index in [1.165, 1.54) is 12.1 Å². The number of carboxylic acid groups (broad SMARTS) is 1. The van der Waals surface area contributed by atoms with Gasteiger partial charge >= 0.3 is 11.6 Å². The molecule has 0 saturated carbocycles. The summed E-state index contributed by atoms with van der Waals surface area (Å²) in [7, 11) is 3.25. The van der Waals surface area contributed by atoms with Crippen LogP contribution in [0.4, 0.5) is 0 Å². The van der Waals surface area contributed by atoms with E-state index in [9.17, 15) is 9.59 Å². The lowest BCUT2D eigenvalue weighted by atomic mass is 9.98. The second-order valence-corrected chi connectivity index (χ2v) is 5.54. The Balaban J connectivity index is 0.00000120. The van der Waals surface area contributed by atoms with Crippen LogP contribution in [0.25, 0.3) is 22.1 Å². The Bertz CT molecular complexity index is 959. The Hall–Kier alpha value is -3.12. The van der Waals surface area contributed by atoms with Gasteiger partial charge in [0.15, 0.2) is 6.61 Å². The zero-order valence-electron chi connectivity index (χ0n) is 16.8. The Morgan fingerprint density at radius 1 is 1.03 bits per heavy atom. The van der Waals surface area contributed by atoms with Gasteiger partial charge in [0, 0.05) is 37.3 Å². The molecule has 1 aromatic heterocycles. The standard InChI is InChI=1S/C18H14O5.C2H6O.C2H6.CH4/c1-11-4-2-3-5-13(11)15-9-18(21)23-16-8-12(6-7-14(15)16)22-10-17(19)20;1-3-2;1-2;/h2-9H,10H2,1H3,(H,19,20);1-2H3;1-2H3;1H4. The third kappa shape index (κ3) is 7.43. The van der Waals surface area contributed by atoms with Crippen LogP contribution in [0.15, 0.2) is 57.7 Å². The summed E-state index contributed by atoms with van der Waals surface area (Å²) in [6.45, 7) is 5.52. The molecule has 1 heterocycles. The van der Waals surface area contributed by atoms with Crippen molar-refractivity contribution in [1.82, 2.24) is 0 Å². The van der Waals surface area contributed by atoms with Crippen molar-refractivity contribution in [3.05, 3.63) is 64.5 Å². The van der Waals surface area contributed by atoms with Crippen LogP contribution in [-0.2, 0) is 9.53 Å². The van der Waals surface area contributed by atoms with Crippen molar-refractivity contribution in [3.63, 3.8) is 0 Å². The smallest absolute Gasteiger partial charge is 0.341 e. The van der Waals surface area contributed by atoms with Gasteiger partial charge < -0.3 is 19.0 Å². The van der Waals surface area contributed by atoms with E-state index < -0.39 is 18.2 Å². The number of hydrogen-bond donors (Lipinski definition) is 1. The Morgan fingerprint density at radius 2 is 1.66 bits per heavy atom. The van der Waals surface area contributed by atoms with E-state index in [2.05, 4.69) is 4.74 Å². The predicted molar refractivity (Wildman–Crippen MR) is 117 cm³/mol. The fourth-order valence-electron chi connectivity index (χ4n) is 2.48. The highest BCUT2D eigenvalue weighted by Gasteiger charge is 2.11. The van der Waals surface area contributed by atoms with E-state index in [0.717, 1.165) is 22.1 Å². The van der Waals surface area contributed by atoms with Crippen LogP contribution < -0.4 is 10.4 Å². The van der Waals surface area contributed by atoms with E-state index in [0.29, 0.717) is 11.3 Å². The number of ether oxygens (including phenoxy) is 2. The first-order valence-electron chi connectivity index (χ1n) is 8.85. The molecule has 0 fully saturated rings. The van der Waals surface area contributed by atoms with Crippen LogP contribution in [-0.4, -0.2) is 31.9 Å². The maximum absolute atomic E-state index is 11.9. The zero-order valence-corrected chi connectivity index (χ0v) is 16.8. The highest BCUT2D eigenvalue weighted by atomic mass is 16.5. The molecule has 0 saturated heterocycles. The molecule has 0 aliphatic carbocycles. The second kappa shape index (κ2) is 13.1. The largest absolute Gasteiger partial charge is 0.482 e. The van der Waals surface area contributed by atoms with Crippen LogP contribution in [0.1, 0.15) is 26.8 Å². The molecular formula is C23H30O6. The van der Waals surface area contributed by atoms with Gasteiger partial charge in [-0.25, -0.2) is 9.59 Å². The number of rotatable bonds is 4. The molecule has 158 valence electrons. The molecule has 1 N–H and O–H groups in total. The molecule has 3 rings (SSSR count). The molecule has 0 unspecified atom stereocenters. The predicted octanol–water partition coefficient (Wildman–Crippen LogP) is 5.16. The number of carbonyl (C=O) groups is 1. The SMILES string of the molecule is C.CC.COC.Cc1ccccc1-c1cc(=O)oc2cc(OCC(=O)O)ccc12. The number of hydrogen-bond acceptors (Lipinski definition) is 5. The maximum atomic E-state index is 11.9. The minimum atomic E-state index is -1.07. The highest BCUT2D eigenvalue weighted by Crippen LogP contribution is 2.31. The van der Waals surface area contributed by atoms with Gasteiger partial charge in [0.25, 0.3) is 0 Å². The summed E-state index contributed by atoms with van der Waals surface area (Å²) in [4.78, 5) is 22.4. The summed E-state index contributed by atoms with van der Waals surface area (Å²) in [6.07, 6.45) is 0. The van der Waals surface area contributed by atoms with Crippen molar-refractivity contribution in [1.29, 1.82) is 0 Å². The average molecular weight is 402 g/mol. The molecule has 0 amide bonds. The summed E-state index contributed by atoms with van der Waals surface area (Å²) in [5, 5.41) is 9.42. The molecule has 0 spiro atoms. The number of fused-ring (bicyclic) bond motifs is 1. The molecule has 29 heavy (non-hydrogen) atoms. The van der Waals surface area contributed by atoms with E-state index in [1.807, 2.05) is 45.0 Å². The quantitative estimate of drug-likeness (QED) is 0.607. The van der Waals surface area contributed by atoms with Crippen LogP contribution in [0.3, 0.4) is 0 Å². The molecule has 6 heteroatoms. The molecule has 0 radical (unpaired) electrons. The monoisotopic (exact) mass is 402 g/mol. The van der Waals surface area contributed by atoms with Gasteiger partial charge in [0.2, 0.25) is 0 Å². The number of aryl methyl sites for hydroxylation is 1. The minimum Gasteiger partial charge on any atom is -0.482 e. The van der Waals surface area contributed by atoms with Gasteiger partial charge in [-0.3, -0.25) is 0 Å². The number of methoxy groups -OCH3 is 1. The number of carboxylic acids is 1. The summed E-state index contributed by atoms with van der Waals surface area (Å²) in [5.74, 6) is -0.731. The summed E-state index contributed by atoms with van der Waals surface area (Å²) < 4.78 is 14.6. The van der Waals surface area contributed by atoms with Gasteiger partial charge in [-0.15, -0.1) is 0 Å². The van der Waals surface area contributed by atoms with Crippen LogP contribution >= 0.6 is 0 Å². The van der Waals surface area contributed by atoms with Crippen molar-refractivity contribution in [2.75, 3.05) is 20.8 Å². The average Bonchev–Trinajstić information content (AvgIpc) is 2.68. The maximum Gasteiger partial charge on any atom is 0.341 e. The lowest BCUT2D eigenvalue weighted by Crippen LogP contribution is -2.09. The van der Waals surface area contributed by atoms with Crippen LogP contribution in [0, 0.1) is 6.92 Å². The van der Waals surface area contributed by atoms with Gasteiger partial charge in [0.05, 0.1) is 0 Å². The fraction of sp³-hybridized carbons (Fsp3) is 0.304.